The number of halogens is 1. The zero-order chi connectivity index (χ0) is 14.2. The number of hydrogen-bond donors (Lipinski definition) is 2. The van der Waals surface area contributed by atoms with Crippen LogP contribution >= 0.6 is 12.4 Å². The van der Waals surface area contributed by atoms with Gasteiger partial charge in [0.1, 0.15) is 0 Å². The van der Waals surface area contributed by atoms with Crippen LogP contribution in [0.4, 0.5) is 0 Å². The second kappa shape index (κ2) is 9.92. The van der Waals surface area contributed by atoms with E-state index in [1.807, 2.05) is 30.3 Å². The van der Waals surface area contributed by atoms with Crippen LogP contribution in [0.25, 0.3) is 0 Å². The molecule has 1 saturated heterocycles. The summed E-state index contributed by atoms with van der Waals surface area (Å²) in [6.45, 7) is 1.50. The van der Waals surface area contributed by atoms with Gasteiger partial charge in [0.2, 0.25) is 5.91 Å². The van der Waals surface area contributed by atoms with Crippen LogP contribution < -0.4 is 10.6 Å². The minimum absolute atomic E-state index is 0. The first kappa shape index (κ1) is 18.1. The third-order valence-electron chi connectivity index (χ3n) is 3.42. The molecule has 2 unspecified atom stereocenters. The highest BCUT2D eigenvalue weighted by Gasteiger charge is 2.17. The Kier molecular flexibility index (Phi) is 8.57. The summed E-state index contributed by atoms with van der Waals surface area (Å²) in [7, 11) is -0.922. The molecule has 118 valence electrons. The van der Waals surface area contributed by atoms with Crippen LogP contribution in [-0.4, -0.2) is 35.0 Å². The highest BCUT2D eigenvalue weighted by molar-refractivity contribution is 7.84. The van der Waals surface area contributed by atoms with E-state index in [2.05, 4.69) is 10.6 Å². The van der Waals surface area contributed by atoms with Gasteiger partial charge in [-0.25, -0.2) is 0 Å². The quantitative estimate of drug-likeness (QED) is 0.798. The molecule has 2 rings (SSSR count). The summed E-state index contributed by atoms with van der Waals surface area (Å²) in [5, 5.41) is 6.15. The lowest BCUT2D eigenvalue weighted by Gasteiger charge is -2.10. The van der Waals surface area contributed by atoms with Crippen LogP contribution in [-0.2, 0) is 21.3 Å². The average Bonchev–Trinajstić information content (AvgIpc) is 2.92. The Morgan fingerprint density at radius 2 is 2.10 bits per heavy atom. The lowest BCUT2D eigenvalue weighted by molar-refractivity contribution is -0.121. The molecule has 4 nitrogen and oxygen atoms in total. The van der Waals surface area contributed by atoms with Crippen molar-refractivity contribution in [3.8, 4) is 0 Å². The van der Waals surface area contributed by atoms with Crippen molar-refractivity contribution in [2.75, 3.05) is 18.8 Å². The summed E-state index contributed by atoms with van der Waals surface area (Å²) in [5.41, 5.74) is 1.08. The molecule has 1 heterocycles. The molecule has 0 aromatic heterocycles. The second-order valence-electron chi connectivity index (χ2n) is 5.12. The zero-order valence-corrected chi connectivity index (χ0v) is 13.7. The van der Waals surface area contributed by atoms with Gasteiger partial charge in [-0.2, -0.15) is 0 Å². The molecule has 1 aliphatic rings. The maximum absolute atomic E-state index is 11.9. The van der Waals surface area contributed by atoms with Gasteiger partial charge in [0, 0.05) is 41.3 Å². The van der Waals surface area contributed by atoms with Crippen molar-refractivity contribution < 1.29 is 9.00 Å². The van der Waals surface area contributed by atoms with Crippen molar-refractivity contribution in [1.82, 2.24) is 10.6 Å². The molecule has 6 heteroatoms. The molecular weight excluding hydrogens is 308 g/mol. The van der Waals surface area contributed by atoms with Crippen LogP contribution in [0, 0.1) is 0 Å². The standard InChI is InChI=1S/C15H22N2O2S.ClH/c18-15(11-14-7-4-8-16-14)17-9-10-20(19)12-13-5-2-1-3-6-13;/h1-3,5-6,14,16H,4,7-12H2,(H,17,18);1H. The van der Waals surface area contributed by atoms with Gasteiger partial charge in [0.15, 0.2) is 0 Å². The van der Waals surface area contributed by atoms with Gasteiger partial charge in [-0.05, 0) is 24.9 Å². The van der Waals surface area contributed by atoms with Crippen LogP contribution in [0.5, 0.6) is 0 Å². The Labute approximate surface area is 134 Å². The van der Waals surface area contributed by atoms with E-state index in [1.165, 1.54) is 0 Å². The van der Waals surface area contributed by atoms with E-state index < -0.39 is 10.8 Å². The SMILES string of the molecule is Cl.O=C(CC1CCCN1)NCCS(=O)Cc1ccccc1. The van der Waals surface area contributed by atoms with Crippen LogP contribution in [0.15, 0.2) is 30.3 Å². The van der Waals surface area contributed by atoms with Crippen LogP contribution in [0.2, 0.25) is 0 Å². The van der Waals surface area contributed by atoms with Gasteiger partial charge < -0.3 is 10.6 Å². The Morgan fingerprint density at radius 3 is 2.76 bits per heavy atom. The molecule has 2 N–H and O–H groups in total. The Hall–Kier alpha value is -0.910. The Morgan fingerprint density at radius 1 is 1.33 bits per heavy atom. The highest BCUT2D eigenvalue weighted by Crippen LogP contribution is 2.08. The lowest BCUT2D eigenvalue weighted by Crippen LogP contribution is -2.33. The molecule has 1 amide bonds. The molecule has 1 aromatic rings. The minimum Gasteiger partial charge on any atom is -0.355 e. The Bertz CT molecular complexity index is 450. The van der Waals surface area contributed by atoms with E-state index in [0.29, 0.717) is 30.5 Å². The molecule has 1 aliphatic heterocycles. The van der Waals surface area contributed by atoms with E-state index in [4.69, 9.17) is 0 Å². The predicted octanol–water partition coefficient (Wildman–Crippen LogP) is 1.62. The Balaban J connectivity index is 0.00000220. The fraction of sp³-hybridized carbons (Fsp3) is 0.533. The third kappa shape index (κ3) is 7.07. The van der Waals surface area contributed by atoms with Gasteiger partial charge >= 0.3 is 0 Å². The van der Waals surface area contributed by atoms with Gasteiger partial charge in [-0.15, -0.1) is 12.4 Å². The molecule has 1 aromatic carbocycles. The van der Waals surface area contributed by atoms with Gasteiger partial charge in [0.25, 0.3) is 0 Å². The van der Waals surface area contributed by atoms with E-state index >= 15 is 0 Å². The predicted molar refractivity (Wildman–Crippen MR) is 89.1 cm³/mol. The number of nitrogens with one attached hydrogen (secondary N) is 2. The number of carbonyl (C=O) groups excluding carboxylic acids is 1. The minimum atomic E-state index is -0.922. The summed E-state index contributed by atoms with van der Waals surface area (Å²) >= 11 is 0. The van der Waals surface area contributed by atoms with Crippen molar-refractivity contribution >= 4 is 29.1 Å². The largest absolute Gasteiger partial charge is 0.355 e. The summed E-state index contributed by atoms with van der Waals surface area (Å²) in [4.78, 5) is 11.7. The summed E-state index contributed by atoms with van der Waals surface area (Å²) in [6, 6.07) is 10.1. The molecule has 2 atom stereocenters. The van der Waals surface area contributed by atoms with E-state index in [9.17, 15) is 9.00 Å². The average molecular weight is 331 g/mol. The summed E-state index contributed by atoms with van der Waals surface area (Å²) in [6.07, 6.45) is 2.76. The molecule has 1 fully saturated rings. The first-order valence-electron chi connectivity index (χ1n) is 7.13. The normalized spacial score (nSPS) is 18.8. The molecule has 0 bridgehead atoms. The smallest absolute Gasteiger partial charge is 0.221 e. The number of carbonyl (C=O) groups is 1. The number of amides is 1. The summed E-state index contributed by atoms with van der Waals surface area (Å²) in [5.74, 6) is 1.13. The molecule has 21 heavy (non-hydrogen) atoms. The van der Waals surface area contributed by atoms with Crippen molar-refractivity contribution in [3.63, 3.8) is 0 Å². The molecular formula is C15H23ClN2O2S. The molecule has 0 spiro atoms. The topological polar surface area (TPSA) is 58.2 Å². The van der Waals surface area contributed by atoms with E-state index in [0.717, 1.165) is 24.9 Å². The number of rotatable bonds is 7. The van der Waals surface area contributed by atoms with Crippen LogP contribution in [0.1, 0.15) is 24.8 Å². The van der Waals surface area contributed by atoms with Crippen molar-refractivity contribution in [2.45, 2.75) is 31.1 Å². The van der Waals surface area contributed by atoms with Crippen molar-refractivity contribution in [1.29, 1.82) is 0 Å². The van der Waals surface area contributed by atoms with Crippen molar-refractivity contribution in [3.05, 3.63) is 35.9 Å². The van der Waals surface area contributed by atoms with Gasteiger partial charge in [-0.1, -0.05) is 30.3 Å². The first-order valence-corrected chi connectivity index (χ1v) is 8.62. The molecule has 0 aliphatic carbocycles. The highest BCUT2D eigenvalue weighted by atomic mass is 35.5. The maximum atomic E-state index is 11.9. The third-order valence-corrected chi connectivity index (χ3v) is 4.73. The summed E-state index contributed by atoms with van der Waals surface area (Å²) < 4.78 is 11.9. The maximum Gasteiger partial charge on any atom is 0.221 e. The lowest BCUT2D eigenvalue weighted by atomic mass is 10.1. The van der Waals surface area contributed by atoms with E-state index in [1.54, 1.807) is 0 Å². The van der Waals surface area contributed by atoms with Crippen LogP contribution in [0.3, 0.4) is 0 Å². The zero-order valence-electron chi connectivity index (χ0n) is 12.0. The van der Waals surface area contributed by atoms with Gasteiger partial charge in [0.05, 0.1) is 0 Å². The van der Waals surface area contributed by atoms with Gasteiger partial charge in [-0.3, -0.25) is 9.00 Å². The molecule has 0 saturated carbocycles. The molecule has 0 radical (unpaired) electrons. The number of benzene rings is 1. The monoisotopic (exact) mass is 330 g/mol. The van der Waals surface area contributed by atoms with Crippen molar-refractivity contribution in [2.24, 2.45) is 0 Å². The second-order valence-corrected chi connectivity index (χ2v) is 6.70. The fourth-order valence-corrected chi connectivity index (χ4v) is 3.40. The first-order chi connectivity index (χ1) is 9.74. The fourth-order valence-electron chi connectivity index (χ4n) is 2.36. The number of hydrogen-bond acceptors (Lipinski definition) is 3. The van der Waals surface area contributed by atoms with E-state index in [-0.39, 0.29) is 18.3 Å².